The third-order valence-electron chi connectivity index (χ3n) is 5.82. The van der Waals surface area contributed by atoms with E-state index >= 15 is 0 Å². The van der Waals surface area contributed by atoms with Crippen molar-refractivity contribution in [1.29, 1.82) is 0 Å². The molecule has 2 amide bonds. The maximum Gasteiger partial charge on any atom is 0.274 e. The number of halogens is 1. The van der Waals surface area contributed by atoms with Crippen LogP contribution >= 0.6 is 11.8 Å². The lowest BCUT2D eigenvalue weighted by Crippen LogP contribution is -2.53. The van der Waals surface area contributed by atoms with Crippen molar-refractivity contribution >= 4 is 28.7 Å². The lowest BCUT2D eigenvalue weighted by Gasteiger charge is -2.31. The van der Waals surface area contributed by atoms with E-state index in [0.717, 1.165) is 24.6 Å². The van der Waals surface area contributed by atoms with Gasteiger partial charge in [-0.1, -0.05) is 17.3 Å². The minimum Gasteiger partial charge on any atom is -0.378 e. The van der Waals surface area contributed by atoms with Gasteiger partial charge >= 0.3 is 0 Å². The fourth-order valence-electron chi connectivity index (χ4n) is 3.96. The molecule has 3 heterocycles. The van der Waals surface area contributed by atoms with Gasteiger partial charge in [-0.3, -0.25) is 19.7 Å². The molecule has 9 nitrogen and oxygen atoms in total. The number of aliphatic hydroxyl groups excluding tert-OH is 1. The summed E-state index contributed by atoms with van der Waals surface area (Å²) in [6, 6.07) is 6.00. The van der Waals surface area contributed by atoms with Crippen LogP contribution in [0, 0.1) is 18.7 Å². The van der Waals surface area contributed by atoms with Crippen LogP contribution in [0.3, 0.4) is 0 Å². The Morgan fingerprint density at radius 1 is 1.39 bits per heavy atom. The molecular formula is C22H25FN4O5S. The van der Waals surface area contributed by atoms with Gasteiger partial charge in [-0.25, -0.2) is 4.39 Å². The Morgan fingerprint density at radius 3 is 2.73 bits per heavy atom. The van der Waals surface area contributed by atoms with E-state index in [-0.39, 0.29) is 29.6 Å². The summed E-state index contributed by atoms with van der Waals surface area (Å²) in [6.45, 7) is 2.34. The number of nitrogens with one attached hydrogen (secondary N) is 3. The van der Waals surface area contributed by atoms with Gasteiger partial charge in [0.2, 0.25) is 11.0 Å². The second-order valence-corrected chi connectivity index (χ2v) is 9.66. The molecule has 2 aliphatic rings. The topological polar surface area (TPSA) is 134 Å². The van der Waals surface area contributed by atoms with Gasteiger partial charge in [0.15, 0.2) is 10.6 Å². The van der Waals surface area contributed by atoms with E-state index in [1.807, 2.05) is 0 Å². The standard InChI is InChI=1S/C22H25FN4O5S/c1-12-9-17(27-32-12)19(29)25-16(10-13-4-6-15(23)7-5-13)20(30)26-22(21(31)33-22)11-14-3-2-8-24-18(14)28/h4-7,9,14,16,18,24,28H,2-3,8,10-11H2,1H3,(H,25,29)(H,26,30)/t14-,16-,18-,22-/m0/s1. The first-order valence-corrected chi connectivity index (χ1v) is 11.5. The number of carbonyl (C=O) groups is 3. The summed E-state index contributed by atoms with van der Waals surface area (Å²) in [5.74, 6) is -1.31. The molecule has 176 valence electrons. The highest BCUT2D eigenvalue weighted by Gasteiger charge is 2.58. The summed E-state index contributed by atoms with van der Waals surface area (Å²) in [7, 11) is 0. The average molecular weight is 477 g/mol. The van der Waals surface area contributed by atoms with Crippen molar-refractivity contribution < 1.29 is 28.4 Å². The van der Waals surface area contributed by atoms with Crippen molar-refractivity contribution in [1.82, 2.24) is 21.1 Å². The molecule has 33 heavy (non-hydrogen) atoms. The number of aliphatic hydroxyl groups is 1. The molecule has 4 N–H and O–H groups in total. The first kappa shape index (κ1) is 23.4. The Bertz CT molecular complexity index is 1050. The molecule has 0 aliphatic carbocycles. The largest absolute Gasteiger partial charge is 0.378 e. The lowest BCUT2D eigenvalue weighted by molar-refractivity contribution is -0.126. The summed E-state index contributed by atoms with van der Waals surface area (Å²) >= 11 is 1.01. The van der Waals surface area contributed by atoms with E-state index in [9.17, 15) is 23.9 Å². The fraction of sp³-hybridized carbons (Fsp3) is 0.455. The van der Waals surface area contributed by atoms with Gasteiger partial charge in [-0.05, 0) is 62.2 Å². The van der Waals surface area contributed by atoms with Gasteiger partial charge in [0.1, 0.15) is 23.8 Å². The van der Waals surface area contributed by atoms with E-state index in [2.05, 4.69) is 21.1 Å². The van der Waals surface area contributed by atoms with E-state index in [4.69, 9.17) is 4.52 Å². The number of carbonyl (C=O) groups excluding carboxylic acids is 3. The highest BCUT2D eigenvalue weighted by molar-refractivity contribution is 8.26. The van der Waals surface area contributed by atoms with Crippen molar-refractivity contribution in [3.8, 4) is 0 Å². The molecule has 1 aromatic carbocycles. The molecule has 2 fully saturated rings. The van der Waals surface area contributed by atoms with Crippen LogP contribution in [0.4, 0.5) is 4.39 Å². The highest BCUT2D eigenvalue weighted by Crippen LogP contribution is 2.50. The van der Waals surface area contributed by atoms with Crippen LogP contribution in [-0.4, -0.2) is 50.9 Å². The summed E-state index contributed by atoms with van der Waals surface area (Å²) in [6.07, 6.45) is 1.23. The maximum absolute atomic E-state index is 13.3. The minimum absolute atomic E-state index is 0.0207. The molecule has 4 atom stereocenters. The number of aromatic nitrogens is 1. The SMILES string of the molecule is Cc1cc(C(=O)N[C@@H](Cc2ccc(F)cc2)C(=O)N[C@@]2(C[C@@H]3CCCN[C@H]3O)SC2=O)no1. The third kappa shape index (κ3) is 5.60. The first-order valence-electron chi connectivity index (χ1n) is 10.7. The molecule has 0 radical (unpaired) electrons. The van der Waals surface area contributed by atoms with Crippen LogP contribution in [0.2, 0.25) is 0 Å². The van der Waals surface area contributed by atoms with Gasteiger partial charge < -0.3 is 20.3 Å². The molecular weight excluding hydrogens is 451 g/mol. The van der Waals surface area contributed by atoms with E-state index in [0.29, 0.717) is 17.9 Å². The quantitative estimate of drug-likeness (QED) is 0.419. The molecule has 0 unspecified atom stereocenters. The minimum atomic E-state index is -1.13. The number of nitrogens with zero attached hydrogens (tertiary/aromatic N) is 1. The van der Waals surface area contributed by atoms with Gasteiger partial charge in [0, 0.05) is 18.4 Å². The van der Waals surface area contributed by atoms with E-state index in [1.165, 1.54) is 30.3 Å². The van der Waals surface area contributed by atoms with E-state index in [1.54, 1.807) is 6.92 Å². The summed E-state index contributed by atoms with van der Waals surface area (Å²) in [4.78, 5) is 37.0. The lowest BCUT2D eigenvalue weighted by atomic mass is 9.90. The Balaban J connectivity index is 1.49. The normalized spacial score (nSPS) is 25.4. The molecule has 11 heteroatoms. The van der Waals surface area contributed by atoms with Crippen molar-refractivity contribution in [2.75, 3.05) is 6.54 Å². The molecule has 2 aromatic rings. The molecule has 1 aromatic heterocycles. The molecule has 2 saturated heterocycles. The smallest absolute Gasteiger partial charge is 0.274 e. The zero-order valence-corrected chi connectivity index (χ0v) is 18.8. The van der Waals surface area contributed by atoms with Crippen LogP contribution in [0.5, 0.6) is 0 Å². The summed E-state index contributed by atoms with van der Waals surface area (Å²) in [5.41, 5.74) is 0.649. The predicted octanol–water partition coefficient (Wildman–Crippen LogP) is 1.26. The van der Waals surface area contributed by atoms with Crippen LogP contribution in [0.15, 0.2) is 34.9 Å². The number of benzene rings is 1. The second kappa shape index (κ2) is 9.62. The maximum atomic E-state index is 13.3. The Kier molecular flexibility index (Phi) is 6.82. The Hall–Kier alpha value is -2.76. The van der Waals surface area contributed by atoms with Crippen molar-refractivity contribution in [3.05, 3.63) is 53.2 Å². The van der Waals surface area contributed by atoms with Crippen LogP contribution in [0.25, 0.3) is 0 Å². The monoisotopic (exact) mass is 476 g/mol. The summed E-state index contributed by atoms with van der Waals surface area (Å²) < 4.78 is 18.2. The molecule has 4 rings (SSSR count). The fourth-order valence-corrected chi connectivity index (χ4v) is 4.81. The predicted molar refractivity (Wildman–Crippen MR) is 117 cm³/mol. The van der Waals surface area contributed by atoms with Crippen LogP contribution in [0.1, 0.15) is 41.1 Å². The molecule has 0 bridgehead atoms. The van der Waals surface area contributed by atoms with Crippen LogP contribution in [-0.2, 0) is 16.0 Å². The van der Waals surface area contributed by atoms with Gasteiger partial charge in [0.25, 0.3) is 5.91 Å². The number of hydrogen-bond donors (Lipinski definition) is 4. The molecule has 2 aliphatic heterocycles. The Labute approximate surface area is 193 Å². The number of piperidine rings is 1. The number of rotatable bonds is 8. The highest BCUT2D eigenvalue weighted by atomic mass is 32.2. The number of thioether (sulfide) groups is 1. The van der Waals surface area contributed by atoms with Gasteiger partial charge in [-0.2, -0.15) is 0 Å². The van der Waals surface area contributed by atoms with Crippen LogP contribution < -0.4 is 16.0 Å². The van der Waals surface area contributed by atoms with Crippen molar-refractivity contribution in [3.63, 3.8) is 0 Å². The average Bonchev–Trinajstić information content (AvgIpc) is 3.17. The number of amides is 2. The molecule has 0 spiro atoms. The first-order chi connectivity index (χ1) is 15.8. The zero-order valence-electron chi connectivity index (χ0n) is 18.0. The van der Waals surface area contributed by atoms with Gasteiger partial charge in [-0.15, -0.1) is 0 Å². The zero-order chi connectivity index (χ0) is 23.6. The summed E-state index contributed by atoms with van der Waals surface area (Å²) in [5, 5.41) is 22.1. The third-order valence-corrected chi connectivity index (χ3v) is 6.95. The molecule has 0 saturated carbocycles. The van der Waals surface area contributed by atoms with Crippen molar-refractivity contribution in [2.45, 2.75) is 49.7 Å². The Morgan fingerprint density at radius 2 is 2.12 bits per heavy atom. The number of aryl methyl sites for hydroxylation is 1. The number of hydrogen-bond acceptors (Lipinski definition) is 8. The van der Waals surface area contributed by atoms with Crippen molar-refractivity contribution in [2.24, 2.45) is 5.92 Å². The van der Waals surface area contributed by atoms with E-state index < -0.39 is 34.8 Å². The second-order valence-electron chi connectivity index (χ2n) is 8.39. The van der Waals surface area contributed by atoms with Gasteiger partial charge in [0.05, 0.1) is 0 Å².